The Hall–Kier alpha value is -2.04. The Kier molecular flexibility index (Phi) is 5.55. The van der Waals surface area contributed by atoms with Crippen molar-refractivity contribution in [1.29, 1.82) is 0 Å². The maximum atomic E-state index is 12.3. The highest BCUT2D eigenvalue weighted by Gasteiger charge is 2.21. The number of amides is 2. The summed E-state index contributed by atoms with van der Waals surface area (Å²) in [4.78, 5) is 26.5. The molecule has 2 amide bonds. The molecule has 0 saturated carbocycles. The molecule has 0 aliphatic rings. The zero-order valence-corrected chi connectivity index (χ0v) is 12.5. The molecule has 0 bridgehead atoms. The lowest BCUT2D eigenvalue weighted by molar-refractivity contribution is 0.0697. The number of carboxylic acids is 1. The predicted molar refractivity (Wildman–Crippen MR) is 79.3 cm³/mol. The number of carboxylic acid groups (broad SMARTS) is 1. The van der Waals surface area contributed by atoms with Crippen LogP contribution in [0.25, 0.3) is 0 Å². The number of anilines is 1. The summed E-state index contributed by atoms with van der Waals surface area (Å²) in [6.45, 7) is 4.80. The Bertz CT molecular complexity index is 488. The van der Waals surface area contributed by atoms with Crippen LogP contribution in [0.4, 0.5) is 10.5 Å². The lowest BCUT2D eigenvalue weighted by atomic mass is 10.1. The van der Waals surface area contributed by atoms with Crippen molar-refractivity contribution in [3.05, 3.63) is 29.8 Å². The average molecular weight is 278 g/mol. The topological polar surface area (TPSA) is 60.9 Å². The molecule has 5 heteroatoms. The van der Waals surface area contributed by atoms with E-state index in [1.807, 2.05) is 0 Å². The molecule has 1 rings (SSSR count). The highest BCUT2D eigenvalue weighted by molar-refractivity contribution is 6.01. The van der Waals surface area contributed by atoms with Gasteiger partial charge in [0.25, 0.3) is 0 Å². The number of hydrogen-bond donors (Lipinski definition) is 1. The van der Waals surface area contributed by atoms with E-state index in [2.05, 4.69) is 13.8 Å². The quantitative estimate of drug-likeness (QED) is 0.900. The van der Waals surface area contributed by atoms with Crippen LogP contribution in [0.1, 0.15) is 30.6 Å². The Morgan fingerprint density at radius 1 is 1.25 bits per heavy atom. The van der Waals surface area contributed by atoms with E-state index in [4.69, 9.17) is 5.11 Å². The van der Waals surface area contributed by atoms with Gasteiger partial charge >= 0.3 is 12.0 Å². The lowest BCUT2D eigenvalue weighted by Crippen LogP contribution is -2.41. The summed E-state index contributed by atoms with van der Waals surface area (Å²) in [6, 6.07) is 6.29. The van der Waals surface area contributed by atoms with Gasteiger partial charge in [0, 0.05) is 20.6 Å². The van der Waals surface area contributed by atoms with Crippen molar-refractivity contribution in [3.63, 3.8) is 0 Å². The molecule has 1 atom stereocenters. The maximum absolute atomic E-state index is 12.3. The fourth-order valence-electron chi connectivity index (χ4n) is 1.98. The molecule has 0 radical (unpaired) electrons. The number of rotatable bonds is 5. The Morgan fingerprint density at radius 3 is 2.40 bits per heavy atom. The molecule has 5 nitrogen and oxygen atoms in total. The smallest absolute Gasteiger partial charge is 0.337 e. The molecular formula is C15H22N2O3. The second-order valence-electron chi connectivity index (χ2n) is 5.06. The summed E-state index contributed by atoms with van der Waals surface area (Å²) in [5.74, 6) is -0.628. The lowest BCUT2D eigenvalue weighted by Gasteiger charge is -2.27. The minimum Gasteiger partial charge on any atom is -0.478 e. The number of aromatic carboxylic acids is 1. The van der Waals surface area contributed by atoms with E-state index in [-0.39, 0.29) is 11.6 Å². The first kappa shape index (κ1) is 16.0. The summed E-state index contributed by atoms with van der Waals surface area (Å²) in [5, 5.41) is 9.17. The van der Waals surface area contributed by atoms with E-state index >= 15 is 0 Å². The van der Waals surface area contributed by atoms with Crippen molar-refractivity contribution >= 4 is 17.7 Å². The summed E-state index contributed by atoms with van der Waals surface area (Å²) >= 11 is 0. The third-order valence-electron chi connectivity index (χ3n) is 3.39. The Balaban J connectivity index is 2.92. The number of carbonyl (C=O) groups is 2. The summed E-state index contributed by atoms with van der Waals surface area (Å²) in [7, 11) is 3.32. The van der Waals surface area contributed by atoms with E-state index in [1.165, 1.54) is 11.0 Å². The SMILES string of the molecule is CCC(C)CN(C)C(=O)N(C)c1ccccc1C(=O)O. The average Bonchev–Trinajstić information content (AvgIpc) is 2.45. The second-order valence-corrected chi connectivity index (χ2v) is 5.06. The number of hydrogen-bond acceptors (Lipinski definition) is 2. The van der Waals surface area contributed by atoms with E-state index in [0.717, 1.165) is 6.42 Å². The fourth-order valence-corrected chi connectivity index (χ4v) is 1.98. The second kappa shape index (κ2) is 6.93. The van der Waals surface area contributed by atoms with Crippen LogP contribution in [-0.2, 0) is 0 Å². The molecular weight excluding hydrogens is 256 g/mol. The highest BCUT2D eigenvalue weighted by Crippen LogP contribution is 2.20. The molecule has 0 fully saturated rings. The Morgan fingerprint density at radius 2 is 1.85 bits per heavy atom. The van der Waals surface area contributed by atoms with E-state index in [9.17, 15) is 9.59 Å². The van der Waals surface area contributed by atoms with E-state index < -0.39 is 5.97 Å². The van der Waals surface area contributed by atoms with Crippen LogP contribution in [-0.4, -0.2) is 42.6 Å². The summed E-state index contributed by atoms with van der Waals surface area (Å²) in [6.07, 6.45) is 0.993. The fraction of sp³-hybridized carbons (Fsp3) is 0.467. The summed E-state index contributed by atoms with van der Waals surface area (Å²) in [5.41, 5.74) is 0.529. The van der Waals surface area contributed by atoms with Crippen molar-refractivity contribution < 1.29 is 14.7 Å². The first-order chi connectivity index (χ1) is 9.38. The molecule has 1 aromatic rings. The van der Waals surface area contributed by atoms with Crippen LogP contribution in [0.2, 0.25) is 0 Å². The molecule has 0 heterocycles. The van der Waals surface area contributed by atoms with Crippen molar-refractivity contribution in [1.82, 2.24) is 4.90 Å². The van der Waals surface area contributed by atoms with Crippen molar-refractivity contribution in [2.24, 2.45) is 5.92 Å². The largest absolute Gasteiger partial charge is 0.478 e. The standard InChI is InChI=1S/C15H22N2O3/c1-5-11(2)10-16(3)15(20)17(4)13-9-7-6-8-12(13)14(18)19/h6-9,11H,5,10H2,1-4H3,(H,18,19). The monoisotopic (exact) mass is 278 g/mol. The molecule has 1 aromatic carbocycles. The van der Waals surface area contributed by atoms with Crippen LogP contribution in [0.5, 0.6) is 0 Å². The van der Waals surface area contributed by atoms with Gasteiger partial charge < -0.3 is 10.0 Å². The van der Waals surface area contributed by atoms with E-state index in [0.29, 0.717) is 18.2 Å². The molecule has 110 valence electrons. The third kappa shape index (κ3) is 3.73. The number of para-hydroxylation sites is 1. The van der Waals surface area contributed by atoms with Gasteiger partial charge in [0.15, 0.2) is 0 Å². The number of benzene rings is 1. The van der Waals surface area contributed by atoms with Crippen LogP contribution in [0.15, 0.2) is 24.3 Å². The van der Waals surface area contributed by atoms with Gasteiger partial charge in [-0.25, -0.2) is 9.59 Å². The highest BCUT2D eigenvalue weighted by atomic mass is 16.4. The first-order valence-electron chi connectivity index (χ1n) is 6.69. The zero-order valence-electron chi connectivity index (χ0n) is 12.5. The van der Waals surface area contributed by atoms with Crippen molar-refractivity contribution in [3.8, 4) is 0 Å². The molecule has 1 unspecified atom stereocenters. The van der Waals surface area contributed by atoms with Gasteiger partial charge in [0.2, 0.25) is 0 Å². The zero-order chi connectivity index (χ0) is 15.3. The first-order valence-corrected chi connectivity index (χ1v) is 6.69. The van der Waals surface area contributed by atoms with Gasteiger partial charge in [0.1, 0.15) is 0 Å². The van der Waals surface area contributed by atoms with Crippen LogP contribution in [0.3, 0.4) is 0 Å². The summed E-state index contributed by atoms with van der Waals surface area (Å²) < 4.78 is 0. The number of carbonyl (C=O) groups excluding carboxylic acids is 1. The van der Waals surface area contributed by atoms with Gasteiger partial charge in [-0.2, -0.15) is 0 Å². The molecule has 1 N–H and O–H groups in total. The minimum atomic E-state index is -1.04. The molecule has 0 aromatic heterocycles. The van der Waals surface area contributed by atoms with Gasteiger partial charge in [-0.05, 0) is 18.1 Å². The van der Waals surface area contributed by atoms with Gasteiger partial charge in [-0.1, -0.05) is 32.4 Å². The number of nitrogens with zero attached hydrogens (tertiary/aromatic N) is 2. The van der Waals surface area contributed by atoms with Gasteiger partial charge in [-0.15, -0.1) is 0 Å². The number of urea groups is 1. The molecule has 0 aliphatic carbocycles. The maximum Gasteiger partial charge on any atom is 0.337 e. The molecule has 0 aliphatic heterocycles. The van der Waals surface area contributed by atoms with Crippen molar-refractivity contribution in [2.45, 2.75) is 20.3 Å². The van der Waals surface area contributed by atoms with Crippen LogP contribution < -0.4 is 4.90 Å². The minimum absolute atomic E-state index is 0.125. The van der Waals surface area contributed by atoms with Gasteiger partial charge in [0.05, 0.1) is 11.3 Å². The van der Waals surface area contributed by atoms with Crippen LogP contribution >= 0.6 is 0 Å². The van der Waals surface area contributed by atoms with E-state index in [1.54, 1.807) is 37.2 Å². The van der Waals surface area contributed by atoms with Crippen LogP contribution in [0, 0.1) is 5.92 Å². The third-order valence-corrected chi connectivity index (χ3v) is 3.39. The van der Waals surface area contributed by atoms with Crippen molar-refractivity contribution in [2.75, 3.05) is 25.5 Å². The Labute approximate surface area is 119 Å². The molecule has 20 heavy (non-hydrogen) atoms. The molecule has 0 spiro atoms. The normalized spacial score (nSPS) is 11.8. The molecule has 0 saturated heterocycles. The predicted octanol–water partition coefficient (Wildman–Crippen LogP) is 2.92. The van der Waals surface area contributed by atoms with Gasteiger partial charge in [-0.3, -0.25) is 4.90 Å².